The molecule has 0 atom stereocenters. The zero-order chi connectivity index (χ0) is 14.1. The number of carboxylic acids is 1. The Balaban J connectivity index is 2.20. The van der Waals surface area contributed by atoms with Gasteiger partial charge in [-0.15, -0.1) is 0 Å². The van der Waals surface area contributed by atoms with Gasteiger partial charge in [-0.3, -0.25) is 4.79 Å². The van der Waals surface area contributed by atoms with E-state index in [9.17, 15) is 4.79 Å². The van der Waals surface area contributed by atoms with Gasteiger partial charge in [0.05, 0.1) is 13.3 Å². The zero-order valence-electron chi connectivity index (χ0n) is 10.9. The molecule has 0 fully saturated rings. The number of halogens is 1. The Labute approximate surface area is 117 Å². The van der Waals surface area contributed by atoms with Crippen LogP contribution in [0.15, 0.2) is 6.20 Å². The maximum Gasteiger partial charge on any atom is 0.318 e. The van der Waals surface area contributed by atoms with Crippen LogP contribution >= 0.6 is 11.6 Å². The number of methoxy groups -OCH3 is 1. The summed E-state index contributed by atoms with van der Waals surface area (Å²) in [4.78, 5) is 18.3. The molecule has 0 bridgehead atoms. The number of anilines is 1. The Morgan fingerprint density at radius 2 is 2.16 bits per heavy atom. The molecule has 0 aliphatic rings. The third-order valence-electron chi connectivity index (χ3n) is 2.51. The van der Waals surface area contributed by atoms with Crippen LogP contribution in [0.25, 0.3) is 0 Å². The quantitative estimate of drug-likeness (QED) is 0.679. The predicted octanol–water partition coefficient (Wildman–Crippen LogP) is 2.59. The molecule has 1 aromatic rings. The molecule has 0 saturated carbocycles. The van der Waals surface area contributed by atoms with E-state index >= 15 is 0 Å². The van der Waals surface area contributed by atoms with Gasteiger partial charge in [-0.2, -0.15) is 4.98 Å². The summed E-state index contributed by atoms with van der Waals surface area (Å²) >= 11 is 5.94. The first-order valence-corrected chi connectivity index (χ1v) is 6.53. The Bertz CT molecular complexity index is 415. The van der Waals surface area contributed by atoms with Crippen molar-refractivity contribution in [2.45, 2.75) is 32.1 Å². The number of nitrogens with one attached hydrogen (secondary N) is 1. The summed E-state index contributed by atoms with van der Waals surface area (Å²) in [6.45, 7) is 0.729. The number of aromatic nitrogens is 2. The van der Waals surface area contributed by atoms with Crippen LogP contribution in [0.4, 0.5) is 5.82 Å². The number of unbranched alkanes of at least 4 members (excludes halogenated alkanes) is 3. The lowest BCUT2D eigenvalue weighted by atomic mass is 10.1. The largest absolute Gasteiger partial charge is 0.481 e. The molecule has 0 saturated heterocycles. The standard InChI is InChI=1S/C12H18ClN3O3/c1-19-12-15-8-9(13)11(16-12)14-7-5-3-2-4-6-10(17)18/h8H,2-7H2,1H3,(H,17,18)(H,14,15,16). The molecular formula is C12H18ClN3O3. The second-order valence-electron chi connectivity index (χ2n) is 4.04. The maximum atomic E-state index is 10.3. The van der Waals surface area contributed by atoms with Crippen LogP contribution in [0.3, 0.4) is 0 Å². The summed E-state index contributed by atoms with van der Waals surface area (Å²) in [6, 6.07) is 0.272. The molecule has 2 N–H and O–H groups in total. The molecule has 0 radical (unpaired) electrons. The molecule has 1 heterocycles. The third-order valence-corrected chi connectivity index (χ3v) is 2.79. The van der Waals surface area contributed by atoms with Crippen molar-refractivity contribution < 1.29 is 14.6 Å². The Hall–Kier alpha value is -1.56. The van der Waals surface area contributed by atoms with E-state index in [0.29, 0.717) is 10.8 Å². The van der Waals surface area contributed by atoms with Crippen molar-refractivity contribution in [1.29, 1.82) is 0 Å². The van der Waals surface area contributed by atoms with Crippen LogP contribution in [0.2, 0.25) is 5.02 Å². The van der Waals surface area contributed by atoms with Gasteiger partial charge in [-0.05, 0) is 12.8 Å². The molecule has 0 unspecified atom stereocenters. The molecule has 0 spiro atoms. The highest BCUT2D eigenvalue weighted by Gasteiger charge is 2.04. The van der Waals surface area contributed by atoms with E-state index in [-0.39, 0.29) is 12.4 Å². The molecule has 1 rings (SSSR count). The van der Waals surface area contributed by atoms with Crippen LogP contribution in [0.1, 0.15) is 32.1 Å². The van der Waals surface area contributed by atoms with E-state index in [2.05, 4.69) is 15.3 Å². The first-order chi connectivity index (χ1) is 9.13. The second-order valence-corrected chi connectivity index (χ2v) is 4.45. The summed E-state index contributed by atoms with van der Waals surface area (Å²) < 4.78 is 4.92. The van der Waals surface area contributed by atoms with E-state index in [1.54, 1.807) is 0 Å². The number of carbonyl (C=O) groups is 1. The lowest BCUT2D eigenvalue weighted by molar-refractivity contribution is -0.137. The summed E-state index contributed by atoms with van der Waals surface area (Å²) in [5.74, 6) is -0.183. The van der Waals surface area contributed by atoms with Crippen molar-refractivity contribution >= 4 is 23.4 Å². The van der Waals surface area contributed by atoms with Gasteiger partial charge in [-0.1, -0.05) is 24.4 Å². The Kier molecular flexibility index (Phi) is 6.95. The van der Waals surface area contributed by atoms with E-state index in [0.717, 1.165) is 32.2 Å². The summed E-state index contributed by atoms with van der Waals surface area (Å²) in [5.41, 5.74) is 0. The van der Waals surface area contributed by atoms with Crippen molar-refractivity contribution in [3.8, 4) is 6.01 Å². The maximum absolute atomic E-state index is 10.3. The number of hydrogen-bond acceptors (Lipinski definition) is 5. The number of hydrogen-bond donors (Lipinski definition) is 2. The number of ether oxygens (including phenoxy) is 1. The molecule has 0 aromatic carbocycles. The normalized spacial score (nSPS) is 10.2. The fourth-order valence-electron chi connectivity index (χ4n) is 1.53. The van der Waals surface area contributed by atoms with E-state index < -0.39 is 5.97 Å². The topological polar surface area (TPSA) is 84.3 Å². The van der Waals surface area contributed by atoms with Crippen molar-refractivity contribution in [3.05, 3.63) is 11.2 Å². The smallest absolute Gasteiger partial charge is 0.318 e. The molecule has 1 aromatic heterocycles. The first kappa shape index (κ1) is 15.5. The van der Waals surface area contributed by atoms with Gasteiger partial charge in [0, 0.05) is 13.0 Å². The van der Waals surface area contributed by atoms with Gasteiger partial charge in [0.1, 0.15) is 5.02 Å². The average Bonchev–Trinajstić information content (AvgIpc) is 2.39. The predicted molar refractivity (Wildman–Crippen MR) is 72.8 cm³/mol. The molecule has 0 aliphatic heterocycles. The second kappa shape index (κ2) is 8.53. The van der Waals surface area contributed by atoms with Crippen molar-refractivity contribution in [2.75, 3.05) is 19.0 Å². The fraction of sp³-hybridized carbons (Fsp3) is 0.583. The van der Waals surface area contributed by atoms with E-state index in [4.69, 9.17) is 21.4 Å². The lowest BCUT2D eigenvalue weighted by Gasteiger charge is -2.07. The van der Waals surface area contributed by atoms with Crippen LogP contribution < -0.4 is 10.1 Å². The highest BCUT2D eigenvalue weighted by Crippen LogP contribution is 2.20. The first-order valence-electron chi connectivity index (χ1n) is 6.15. The van der Waals surface area contributed by atoms with Gasteiger partial charge >= 0.3 is 12.0 Å². The molecule has 19 heavy (non-hydrogen) atoms. The van der Waals surface area contributed by atoms with E-state index in [1.165, 1.54) is 13.3 Å². The van der Waals surface area contributed by atoms with Gasteiger partial charge in [0.2, 0.25) is 0 Å². The molecule has 0 amide bonds. The molecular weight excluding hydrogens is 270 g/mol. The van der Waals surface area contributed by atoms with Gasteiger partial charge < -0.3 is 15.2 Å². The van der Waals surface area contributed by atoms with Gasteiger partial charge in [0.25, 0.3) is 0 Å². The summed E-state index contributed by atoms with van der Waals surface area (Å²) in [7, 11) is 1.50. The highest BCUT2D eigenvalue weighted by atomic mass is 35.5. The fourth-order valence-corrected chi connectivity index (χ4v) is 1.69. The lowest BCUT2D eigenvalue weighted by Crippen LogP contribution is -2.05. The minimum Gasteiger partial charge on any atom is -0.481 e. The Morgan fingerprint density at radius 1 is 1.42 bits per heavy atom. The minimum absolute atomic E-state index is 0.238. The van der Waals surface area contributed by atoms with Crippen LogP contribution in [-0.4, -0.2) is 34.7 Å². The van der Waals surface area contributed by atoms with E-state index in [1.807, 2.05) is 0 Å². The monoisotopic (exact) mass is 287 g/mol. The molecule has 7 heteroatoms. The number of aliphatic carboxylic acids is 1. The summed E-state index contributed by atoms with van der Waals surface area (Å²) in [6.07, 6.45) is 5.26. The van der Waals surface area contributed by atoms with Crippen molar-refractivity contribution in [3.63, 3.8) is 0 Å². The van der Waals surface area contributed by atoms with Gasteiger partial charge in [0.15, 0.2) is 5.82 Å². The van der Waals surface area contributed by atoms with Gasteiger partial charge in [-0.25, -0.2) is 4.98 Å². The van der Waals surface area contributed by atoms with Crippen LogP contribution in [0, 0.1) is 0 Å². The molecule has 0 aliphatic carbocycles. The SMILES string of the molecule is COc1ncc(Cl)c(NCCCCCCC(=O)O)n1. The van der Waals surface area contributed by atoms with Crippen molar-refractivity contribution in [2.24, 2.45) is 0 Å². The van der Waals surface area contributed by atoms with Crippen LogP contribution in [0.5, 0.6) is 6.01 Å². The minimum atomic E-state index is -0.738. The summed E-state index contributed by atoms with van der Waals surface area (Å²) in [5, 5.41) is 12.1. The van der Waals surface area contributed by atoms with Crippen molar-refractivity contribution in [1.82, 2.24) is 9.97 Å². The highest BCUT2D eigenvalue weighted by molar-refractivity contribution is 6.32. The molecule has 106 valence electrons. The van der Waals surface area contributed by atoms with Crippen LogP contribution in [-0.2, 0) is 4.79 Å². The zero-order valence-corrected chi connectivity index (χ0v) is 11.6. The number of nitrogens with zero attached hydrogens (tertiary/aromatic N) is 2. The Morgan fingerprint density at radius 3 is 2.84 bits per heavy atom. The third kappa shape index (κ3) is 6.24. The molecule has 6 nitrogen and oxygen atoms in total. The number of rotatable bonds is 9. The number of carboxylic acid groups (broad SMARTS) is 1. The average molecular weight is 288 g/mol.